The Labute approximate surface area is 132 Å². The van der Waals surface area contributed by atoms with E-state index in [0.717, 1.165) is 17.2 Å². The van der Waals surface area contributed by atoms with Gasteiger partial charge in [0.05, 0.1) is 19.9 Å². The van der Waals surface area contributed by atoms with Gasteiger partial charge in [-0.25, -0.2) is 0 Å². The zero-order valence-electron chi connectivity index (χ0n) is 13.4. The molecule has 0 unspecified atom stereocenters. The van der Waals surface area contributed by atoms with Crippen LogP contribution in [0.25, 0.3) is 0 Å². The summed E-state index contributed by atoms with van der Waals surface area (Å²) in [5.41, 5.74) is 0.949. The van der Waals surface area contributed by atoms with Gasteiger partial charge in [-0.1, -0.05) is 0 Å². The van der Waals surface area contributed by atoms with Crippen molar-refractivity contribution in [2.24, 2.45) is 0 Å². The number of nitrogens with zero attached hydrogens (tertiary/aromatic N) is 3. The topological polar surface area (TPSA) is 62.3 Å². The van der Waals surface area contributed by atoms with E-state index in [1.54, 1.807) is 28.3 Å². The third-order valence-corrected chi connectivity index (χ3v) is 5.69. The lowest BCUT2D eigenvalue weighted by atomic mass is 10.2. The van der Waals surface area contributed by atoms with Crippen molar-refractivity contribution >= 4 is 15.9 Å². The first-order valence-electron chi connectivity index (χ1n) is 7.04. The fourth-order valence-corrected chi connectivity index (χ4v) is 3.52. The summed E-state index contributed by atoms with van der Waals surface area (Å²) >= 11 is 0. The molecule has 1 aliphatic rings. The van der Waals surface area contributed by atoms with E-state index in [2.05, 4.69) is 4.90 Å². The van der Waals surface area contributed by atoms with Gasteiger partial charge in [-0.2, -0.15) is 17.0 Å². The molecule has 22 heavy (non-hydrogen) atoms. The van der Waals surface area contributed by atoms with Gasteiger partial charge in [0.1, 0.15) is 11.5 Å². The minimum Gasteiger partial charge on any atom is -0.497 e. The molecule has 0 N–H and O–H groups in total. The van der Waals surface area contributed by atoms with Crippen molar-refractivity contribution in [2.45, 2.75) is 0 Å². The van der Waals surface area contributed by atoms with E-state index in [1.807, 2.05) is 18.2 Å². The van der Waals surface area contributed by atoms with Crippen molar-refractivity contribution in [2.75, 3.05) is 59.4 Å². The molecule has 0 aliphatic carbocycles. The Balaban J connectivity index is 2.12. The summed E-state index contributed by atoms with van der Waals surface area (Å²) in [5, 5.41) is 0. The maximum absolute atomic E-state index is 12.1. The molecule has 1 fully saturated rings. The van der Waals surface area contributed by atoms with Crippen molar-refractivity contribution < 1.29 is 17.9 Å². The molecule has 1 aromatic rings. The molecule has 0 bridgehead atoms. The van der Waals surface area contributed by atoms with Crippen molar-refractivity contribution in [3.8, 4) is 11.5 Å². The van der Waals surface area contributed by atoms with E-state index < -0.39 is 10.2 Å². The average molecular weight is 329 g/mol. The van der Waals surface area contributed by atoms with Crippen LogP contribution in [0.3, 0.4) is 0 Å². The maximum atomic E-state index is 12.1. The summed E-state index contributed by atoms with van der Waals surface area (Å²) in [7, 11) is 2.98. The smallest absolute Gasteiger partial charge is 0.281 e. The number of hydrogen-bond donors (Lipinski definition) is 0. The fraction of sp³-hybridized carbons (Fsp3) is 0.571. The van der Waals surface area contributed by atoms with Crippen molar-refractivity contribution in [3.63, 3.8) is 0 Å². The zero-order valence-corrected chi connectivity index (χ0v) is 14.3. The molecule has 1 aromatic carbocycles. The van der Waals surface area contributed by atoms with E-state index in [0.29, 0.717) is 26.2 Å². The molecule has 1 saturated heterocycles. The Kier molecular flexibility index (Phi) is 5.15. The number of rotatable bonds is 5. The van der Waals surface area contributed by atoms with E-state index in [1.165, 1.54) is 8.61 Å². The van der Waals surface area contributed by atoms with Crippen LogP contribution in [-0.2, 0) is 10.2 Å². The van der Waals surface area contributed by atoms with Gasteiger partial charge >= 0.3 is 0 Å². The number of hydrogen-bond acceptors (Lipinski definition) is 5. The second-order valence-corrected chi connectivity index (χ2v) is 7.36. The Bertz CT molecular complexity index is 611. The lowest BCUT2D eigenvalue weighted by molar-refractivity contribution is 0.352. The molecule has 1 heterocycles. The molecule has 1 aliphatic heterocycles. The predicted molar refractivity (Wildman–Crippen MR) is 85.9 cm³/mol. The highest BCUT2D eigenvalue weighted by molar-refractivity contribution is 7.86. The summed E-state index contributed by atoms with van der Waals surface area (Å²) in [6, 6.07) is 5.65. The highest BCUT2D eigenvalue weighted by atomic mass is 32.2. The molecule has 0 radical (unpaired) electrons. The van der Waals surface area contributed by atoms with Gasteiger partial charge in [-0.05, 0) is 12.1 Å². The van der Waals surface area contributed by atoms with Crippen LogP contribution >= 0.6 is 0 Å². The summed E-state index contributed by atoms with van der Waals surface area (Å²) in [6.45, 7) is 2.15. The number of methoxy groups -OCH3 is 2. The second kappa shape index (κ2) is 6.72. The monoisotopic (exact) mass is 329 g/mol. The van der Waals surface area contributed by atoms with Crippen molar-refractivity contribution in [3.05, 3.63) is 18.2 Å². The quantitative estimate of drug-likeness (QED) is 0.793. The molecular weight excluding hydrogens is 306 g/mol. The normalized spacial score (nSPS) is 16.9. The summed E-state index contributed by atoms with van der Waals surface area (Å²) in [4.78, 5) is 2.12. The van der Waals surface area contributed by atoms with Crippen LogP contribution in [0, 0.1) is 0 Å². The Morgan fingerprint density at radius 1 is 1.05 bits per heavy atom. The van der Waals surface area contributed by atoms with Gasteiger partial charge in [-0.3, -0.25) is 0 Å². The minimum atomic E-state index is -3.34. The van der Waals surface area contributed by atoms with Gasteiger partial charge in [0.15, 0.2) is 0 Å². The highest BCUT2D eigenvalue weighted by Crippen LogP contribution is 2.32. The highest BCUT2D eigenvalue weighted by Gasteiger charge is 2.29. The molecule has 0 saturated carbocycles. The van der Waals surface area contributed by atoms with Crippen LogP contribution in [0.2, 0.25) is 0 Å². The third-order valence-electron chi connectivity index (χ3n) is 3.75. The molecular formula is C14H23N3O4S. The van der Waals surface area contributed by atoms with Crippen LogP contribution < -0.4 is 14.4 Å². The van der Waals surface area contributed by atoms with Crippen LogP contribution in [0.5, 0.6) is 11.5 Å². The lowest BCUT2D eigenvalue weighted by Crippen LogP contribution is -2.51. The van der Waals surface area contributed by atoms with Gasteiger partial charge in [0, 0.05) is 46.3 Å². The van der Waals surface area contributed by atoms with Crippen LogP contribution in [0.4, 0.5) is 5.69 Å². The minimum absolute atomic E-state index is 0.454. The Morgan fingerprint density at radius 3 is 2.18 bits per heavy atom. The lowest BCUT2D eigenvalue weighted by Gasteiger charge is -2.36. The molecule has 8 heteroatoms. The zero-order chi connectivity index (χ0) is 16.3. The average Bonchev–Trinajstić information content (AvgIpc) is 2.54. The third kappa shape index (κ3) is 3.29. The molecule has 2 rings (SSSR count). The SMILES string of the molecule is COc1ccc(N2CCN(S(=O)(=O)N(C)C)CC2)c(OC)c1. The summed E-state index contributed by atoms with van der Waals surface area (Å²) < 4.78 is 37.6. The number of anilines is 1. The first kappa shape index (κ1) is 16.9. The fourth-order valence-electron chi connectivity index (χ4n) is 2.44. The van der Waals surface area contributed by atoms with E-state index >= 15 is 0 Å². The number of ether oxygens (including phenoxy) is 2. The van der Waals surface area contributed by atoms with E-state index in [-0.39, 0.29) is 0 Å². The molecule has 0 atom stereocenters. The first-order chi connectivity index (χ1) is 10.4. The number of piperazine rings is 1. The van der Waals surface area contributed by atoms with Crippen LogP contribution in [0.1, 0.15) is 0 Å². The second-order valence-electron chi connectivity index (χ2n) is 5.21. The van der Waals surface area contributed by atoms with Crippen LogP contribution in [0.15, 0.2) is 18.2 Å². The van der Waals surface area contributed by atoms with Crippen molar-refractivity contribution in [1.82, 2.24) is 8.61 Å². The van der Waals surface area contributed by atoms with Gasteiger partial charge < -0.3 is 14.4 Å². The van der Waals surface area contributed by atoms with Crippen LogP contribution in [-0.4, -0.2) is 71.5 Å². The first-order valence-corrected chi connectivity index (χ1v) is 8.44. The van der Waals surface area contributed by atoms with Crippen molar-refractivity contribution in [1.29, 1.82) is 0 Å². The molecule has 7 nitrogen and oxygen atoms in total. The maximum Gasteiger partial charge on any atom is 0.281 e. The van der Waals surface area contributed by atoms with E-state index in [4.69, 9.17) is 9.47 Å². The molecule has 0 aromatic heterocycles. The van der Waals surface area contributed by atoms with Gasteiger partial charge in [0.2, 0.25) is 0 Å². The van der Waals surface area contributed by atoms with Gasteiger partial charge in [0.25, 0.3) is 10.2 Å². The molecule has 124 valence electrons. The molecule has 0 spiro atoms. The number of benzene rings is 1. The Morgan fingerprint density at radius 2 is 1.68 bits per heavy atom. The summed E-state index contributed by atoms with van der Waals surface area (Å²) in [6.07, 6.45) is 0. The Hall–Kier alpha value is -1.51. The van der Waals surface area contributed by atoms with Gasteiger partial charge in [-0.15, -0.1) is 0 Å². The summed E-state index contributed by atoms with van der Waals surface area (Å²) in [5.74, 6) is 1.46. The predicted octanol–water partition coefficient (Wildman–Crippen LogP) is 0.632. The van der Waals surface area contributed by atoms with E-state index in [9.17, 15) is 8.42 Å². The largest absolute Gasteiger partial charge is 0.497 e. The molecule has 0 amide bonds. The standard InChI is InChI=1S/C14H23N3O4S/c1-15(2)22(18,19)17-9-7-16(8-10-17)13-6-5-12(20-3)11-14(13)21-4/h5-6,11H,7-10H2,1-4H3.